The van der Waals surface area contributed by atoms with Crippen LogP contribution in [0.2, 0.25) is 0 Å². The van der Waals surface area contributed by atoms with E-state index >= 15 is 0 Å². The fraction of sp³-hybridized carbons (Fsp3) is 0.611. The van der Waals surface area contributed by atoms with Crippen molar-refractivity contribution in [1.82, 2.24) is 13.9 Å². The molecule has 1 amide bonds. The zero-order valence-electron chi connectivity index (χ0n) is 16.6. The summed E-state index contributed by atoms with van der Waals surface area (Å²) in [6, 6.07) is 4.23. The van der Waals surface area contributed by atoms with Crippen LogP contribution in [0.25, 0.3) is 0 Å². The predicted octanol–water partition coefficient (Wildman–Crippen LogP) is 0.634. The van der Waals surface area contributed by atoms with Gasteiger partial charge in [-0.1, -0.05) is 12.8 Å². The number of methoxy groups -OCH3 is 1. The Morgan fingerprint density at radius 1 is 1.07 bits per heavy atom. The number of carbonyl (C=O) groups is 1. The number of nitrogens with zero attached hydrogens (tertiary/aromatic N) is 2. The number of carbonyl (C=O) groups excluding carboxylic acids is 1. The van der Waals surface area contributed by atoms with Gasteiger partial charge in [0.2, 0.25) is 20.0 Å². The van der Waals surface area contributed by atoms with Gasteiger partial charge in [0.15, 0.2) is 0 Å². The van der Waals surface area contributed by atoms with E-state index < -0.39 is 20.0 Å². The Labute approximate surface area is 172 Å². The molecule has 0 radical (unpaired) electrons. The van der Waals surface area contributed by atoms with E-state index in [9.17, 15) is 21.6 Å². The Morgan fingerprint density at radius 2 is 1.69 bits per heavy atom. The molecule has 1 aliphatic heterocycles. The smallest absolute Gasteiger partial charge is 0.253 e. The van der Waals surface area contributed by atoms with Crippen molar-refractivity contribution in [2.24, 2.45) is 0 Å². The Kier molecular flexibility index (Phi) is 6.51. The minimum absolute atomic E-state index is 0.0625. The van der Waals surface area contributed by atoms with E-state index in [0.29, 0.717) is 0 Å². The summed E-state index contributed by atoms with van der Waals surface area (Å²) in [7, 11) is -5.74. The van der Waals surface area contributed by atoms with Crippen molar-refractivity contribution in [1.29, 1.82) is 0 Å². The SMILES string of the molecule is COc1ccc(C(=O)N2CCN(S(C)(=O)=O)CC2)cc1S(=O)(=O)NC1CCCC1. The number of hydrogen-bond donors (Lipinski definition) is 1. The van der Waals surface area contributed by atoms with Crippen molar-refractivity contribution in [3.8, 4) is 5.75 Å². The summed E-state index contributed by atoms with van der Waals surface area (Å²) in [6.45, 7) is 0.935. The summed E-state index contributed by atoms with van der Waals surface area (Å²) < 4.78 is 58.3. The maximum atomic E-state index is 12.9. The van der Waals surface area contributed by atoms with Gasteiger partial charge in [-0.05, 0) is 31.0 Å². The van der Waals surface area contributed by atoms with E-state index in [-0.39, 0.29) is 54.3 Å². The molecule has 1 saturated carbocycles. The average Bonchev–Trinajstić information content (AvgIpc) is 3.18. The van der Waals surface area contributed by atoms with Crippen LogP contribution in [0.3, 0.4) is 0 Å². The summed E-state index contributed by atoms with van der Waals surface area (Å²) in [6.07, 6.45) is 4.71. The maximum absolute atomic E-state index is 12.9. The molecule has 1 aromatic rings. The van der Waals surface area contributed by atoms with E-state index in [1.54, 1.807) is 0 Å². The Balaban J connectivity index is 1.80. The second-order valence-electron chi connectivity index (χ2n) is 7.42. The van der Waals surface area contributed by atoms with Crippen LogP contribution in [0.15, 0.2) is 23.1 Å². The molecular weight excluding hydrogens is 418 g/mol. The minimum atomic E-state index is -3.83. The molecule has 162 valence electrons. The van der Waals surface area contributed by atoms with Crippen molar-refractivity contribution in [2.75, 3.05) is 39.5 Å². The molecule has 0 spiro atoms. The summed E-state index contributed by atoms with van der Waals surface area (Å²) in [4.78, 5) is 14.4. The van der Waals surface area contributed by atoms with Gasteiger partial charge in [0.25, 0.3) is 5.91 Å². The normalized spacial score (nSPS) is 19.4. The van der Waals surface area contributed by atoms with Gasteiger partial charge in [0.1, 0.15) is 10.6 Å². The highest BCUT2D eigenvalue weighted by atomic mass is 32.2. The molecule has 0 atom stereocenters. The highest BCUT2D eigenvalue weighted by Crippen LogP contribution is 2.28. The molecule has 2 aliphatic rings. The molecule has 0 unspecified atom stereocenters. The first-order chi connectivity index (χ1) is 13.6. The third kappa shape index (κ3) is 5.08. The molecule has 1 saturated heterocycles. The van der Waals surface area contributed by atoms with Crippen molar-refractivity contribution in [3.63, 3.8) is 0 Å². The topological polar surface area (TPSA) is 113 Å². The van der Waals surface area contributed by atoms with Gasteiger partial charge in [0, 0.05) is 37.8 Å². The lowest BCUT2D eigenvalue weighted by Crippen LogP contribution is -2.50. The van der Waals surface area contributed by atoms with E-state index in [1.807, 2.05) is 0 Å². The molecule has 2 fully saturated rings. The molecule has 1 heterocycles. The lowest BCUT2D eigenvalue weighted by atomic mass is 10.1. The minimum Gasteiger partial charge on any atom is -0.495 e. The average molecular weight is 446 g/mol. The third-order valence-electron chi connectivity index (χ3n) is 5.37. The van der Waals surface area contributed by atoms with Crippen LogP contribution in [0.1, 0.15) is 36.0 Å². The van der Waals surface area contributed by atoms with Gasteiger partial charge in [-0.25, -0.2) is 21.6 Å². The molecule has 1 aliphatic carbocycles. The first kappa shape index (κ1) is 22.0. The van der Waals surface area contributed by atoms with E-state index in [4.69, 9.17) is 4.74 Å². The number of sulfonamides is 2. The van der Waals surface area contributed by atoms with E-state index in [0.717, 1.165) is 31.9 Å². The van der Waals surface area contributed by atoms with Crippen LogP contribution in [-0.2, 0) is 20.0 Å². The van der Waals surface area contributed by atoms with Gasteiger partial charge in [-0.15, -0.1) is 0 Å². The number of amides is 1. The monoisotopic (exact) mass is 445 g/mol. The zero-order valence-corrected chi connectivity index (χ0v) is 18.3. The molecule has 0 aromatic heterocycles. The van der Waals surface area contributed by atoms with Gasteiger partial charge in [0.05, 0.1) is 13.4 Å². The third-order valence-corrected chi connectivity index (χ3v) is 8.22. The molecular formula is C18H27N3O6S2. The second-order valence-corrected chi connectivity index (χ2v) is 11.1. The summed E-state index contributed by atoms with van der Waals surface area (Å²) in [5.74, 6) is -0.160. The second kappa shape index (κ2) is 8.58. The quantitative estimate of drug-likeness (QED) is 0.687. The Morgan fingerprint density at radius 3 is 2.24 bits per heavy atom. The highest BCUT2D eigenvalue weighted by molar-refractivity contribution is 7.89. The standard InChI is InChI=1S/C18H27N3O6S2/c1-27-16-8-7-14(13-17(16)29(25,26)19-15-5-3-4-6-15)18(22)20-9-11-21(12-10-20)28(2,23)24/h7-8,13,15,19H,3-6,9-12H2,1-2H3. The predicted molar refractivity (Wildman–Crippen MR) is 108 cm³/mol. The van der Waals surface area contributed by atoms with Crippen LogP contribution in [-0.4, -0.2) is 77.5 Å². The summed E-state index contributed by atoms with van der Waals surface area (Å²) in [5, 5.41) is 0. The van der Waals surface area contributed by atoms with E-state index in [1.165, 1.54) is 34.5 Å². The Hall–Kier alpha value is -1.69. The number of nitrogens with one attached hydrogen (secondary N) is 1. The molecule has 1 aromatic carbocycles. The van der Waals surface area contributed by atoms with Gasteiger partial charge >= 0.3 is 0 Å². The van der Waals surface area contributed by atoms with E-state index in [2.05, 4.69) is 4.72 Å². The summed E-state index contributed by atoms with van der Waals surface area (Å²) >= 11 is 0. The number of rotatable bonds is 6. The largest absolute Gasteiger partial charge is 0.495 e. The van der Waals surface area contributed by atoms with Crippen molar-refractivity contribution >= 4 is 26.0 Å². The van der Waals surface area contributed by atoms with Gasteiger partial charge in [-0.3, -0.25) is 4.79 Å². The molecule has 0 bridgehead atoms. The number of piperazine rings is 1. The lowest BCUT2D eigenvalue weighted by molar-refractivity contribution is 0.0698. The maximum Gasteiger partial charge on any atom is 0.253 e. The van der Waals surface area contributed by atoms with Crippen molar-refractivity contribution < 1.29 is 26.4 Å². The van der Waals surface area contributed by atoms with Crippen LogP contribution < -0.4 is 9.46 Å². The van der Waals surface area contributed by atoms with Gasteiger partial charge in [-0.2, -0.15) is 4.31 Å². The molecule has 29 heavy (non-hydrogen) atoms. The number of ether oxygens (including phenoxy) is 1. The fourth-order valence-electron chi connectivity index (χ4n) is 3.75. The zero-order chi connectivity index (χ0) is 21.2. The number of benzene rings is 1. The number of hydrogen-bond acceptors (Lipinski definition) is 6. The van der Waals surface area contributed by atoms with Crippen molar-refractivity contribution in [2.45, 2.75) is 36.6 Å². The molecule has 3 rings (SSSR count). The molecule has 1 N–H and O–H groups in total. The molecule has 9 nitrogen and oxygen atoms in total. The lowest BCUT2D eigenvalue weighted by Gasteiger charge is -2.33. The Bertz CT molecular complexity index is 963. The highest BCUT2D eigenvalue weighted by Gasteiger charge is 2.29. The molecule has 11 heteroatoms. The van der Waals surface area contributed by atoms with Crippen LogP contribution in [0.4, 0.5) is 0 Å². The van der Waals surface area contributed by atoms with Crippen LogP contribution in [0, 0.1) is 0 Å². The van der Waals surface area contributed by atoms with Crippen molar-refractivity contribution in [3.05, 3.63) is 23.8 Å². The van der Waals surface area contributed by atoms with Crippen LogP contribution in [0.5, 0.6) is 5.75 Å². The fourth-order valence-corrected chi connectivity index (χ4v) is 6.08. The first-order valence-electron chi connectivity index (χ1n) is 9.56. The van der Waals surface area contributed by atoms with Crippen LogP contribution >= 0.6 is 0 Å². The van der Waals surface area contributed by atoms with Gasteiger partial charge < -0.3 is 9.64 Å². The summed E-state index contributed by atoms with van der Waals surface area (Å²) in [5.41, 5.74) is 0.227. The first-order valence-corrected chi connectivity index (χ1v) is 12.9.